The zero-order valence-corrected chi connectivity index (χ0v) is 19.2. The van der Waals surface area contributed by atoms with Crippen LogP contribution >= 0.6 is 0 Å². The first kappa shape index (κ1) is 22.7. The molecule has 7 heteroatoms. The van der Waals surface area contributed by atoms with Crippen LogP contribution in [0.15, 0.2) is 52.1 Å². The Morgan fingerprint density at radius 2 is 2.00 bits per heavy atom. The molecule has 0 bridgehead atoms. The highest BCUT2D eigenvalue weighted by Crippen LogP contribution is 2.34. The summed E-state index contributed by atoms with van der Waals surface area (Å²) in [6, 6.07) is 12.2. The molecule has 0 spiro atoms. The van der Waals surface area contributed by atoms with Crippen molar-refractivity contribution in [2.75, 3.05) is 46.5 Å². The average Bonchev–Trinajstić information content (AvgIpc) is 3.51. The zero-order chi connectivity index (χ0) is 22.2. The molecular formula is C25H35N3O4. The number of hydrogen-bond acceptors (Lipinski definition) is 5. The Kier molecular flexibility index (Phi) is 7.71. The van der Waals surface area contributed by atoms with Gasteiger partial charge in [0.25, 0.3) is 0 Å². The smallest absolute Gasteiger partial charge is 0.193 e. The lowest BCUT2D eigenvalue weighted by atomic mass is 9.90. The van der Waals surface area contributed by atoms with Gasteiger partial charge in [0.1, 0.15) is 11.5 Å². The van der Waals surface area contributed by atoms with E-state index in [0.29, 0.717) is 25.7 Å². The maximum atomic E-state index is 5.96. The van der Waals surface area contributed by atoms with Gasteiger partial charge in [0.15, 0.2) is 11.7 Å². The quantitative estimate of drug-likeness (QED) is 0.500. The van der Waals surface area contributed by atoms with E-state index in [2.05, 4.69) is 29.3 Å². The molecule has 0 saturated carbocycles. The van der Waals surface area contributed by atoms with Crippen LogP contribution in [-0.4, -0.2) is 63.1 Å². The number of hydrogen-bond donors (Lipinski definition) is 1. The van der Waals surface area contributed by atoms with E-state index in [4.69, 9.17) is 23.6 Å². The van der Waals surface area contributed by atoms with Crippen molar-refractivity contribution in [3.63, 3.8) is 0 Å². The summed E-state index contributed by atoms with van der Waals surface area (Å²) in [5, 5.41) is 3.60. The van der Waals surface area contributed by atoms with Gasteiger partial charge in [-0.2, -0.15) is 0 Å². The third-order valence-electron chi connectivity index (χ3n) is 6.38. The second-order valence-electron chi connectivity index (χ2n) is 8.56. The summed E-state index contributed by atoms with van der Waals surface area (Å²) >= 11 is 0. The fourth-order valence-electron chi connectivity index (χ4n) is 4.47. The summed E-state index contributed by atoms with van der Waals surface area (Å²) in [5.41, 5.74) is 1.27. The molecule has 1 N–H and O–H groups in total. The molecule has 2 aliphatic heterocycles. The number of ether oxygens (including phenoxy) is 3. The van der Waals surface area contributed by atoms with Crippen LogP contribution in [0.5, 0.6) is 5.75 Å². The van der Waals surface area contributed by atoms with Crippen LogP contribution in [0.4, 0.5) is 0 Å². The van der Waals surface area contributed by atoms with Crippen molar-refractivity contribution in [3.05, 3.63) is 54.0 Å². The van der Waals surface area contributed by atoms with Crippen molar-refractivity contribution in [1.29, 1.82) is 0 Å². The van der Waals surface area contributed by atoms with Crippen molar-refractivity contribution < 1.29 is 18.6 Å². The first-order chi connectivity index (χ1) is 15.7. The van der Waals surface area contributed by atoms with Crippen LogP contribution in [0, 0.1) is 5.92 Å². The molecule has 2 saturated heterocycles. The Bertz CT molecular complexity index is 845. The van der Waals surface area contributed by atoms with Gasteiger partial charge in [-0.25, -0.2) is 0 Å². The van der Waals surface area contributed by atoms with Gasteiger partial charge in [0.2, 0.25) is 0 Å². The SMILES string of the molecule is COc1ccc(CCNC(=NCCc2ccco2)N2CCCC(C3(C)OCCO3)C2)cc1. The number of likely N-dealkylation sites (tertiary alicyclic amines) is 1. The molecule has 1 aromatic heterocycles. The topological polar surface area (TPSA) is 68.5 Å². The summed E-state index contributed by atoms with van der Waals surface area (Å²) in [5.74, 6) is 2.64. The molecular weight excluding hydrogens is 406 g/mol. The number of nitrogens with one attached hydrogen (secondary N) is 1. The summed E-state index contributed by atoms with van der Waals surface area (Å²) in [4.78, 5) is 7.30. The molecule has 7 nitrogen and oxygen atoms in total. The van der Waals surface area contributed by atoms with E-state index >= 15 is 0 Å². The lowest BCUT2D eigenvalue weighted by Gasteiger charge is -2.41. The lowest BCUT2D eigenvalue weighted by molar-refractivity contribution is -0.189. The van der Waals surface area contributed by atoms with E-state index in [-0.39, 0.29) is 0 Å². The molecule has 2 fully saturated rings. The number of aliphatic imine (C=N–C) groups is 1. The minimum atomic E-state index is -0.485. The van der Waals surface area contributed by atoms with Crippen LogP contribution in [-0.2, 0) is 22.3 Å². The molecule has 0 radical (unpaired) electrons. The van der Waals surface area contributed by atoms with E-state index in [1.165, 1.54) is 5.56 Å². The molecule has 3 heterocycles. The minimum absolute atomic E-state index is 0.331. The number of piperidine rings is 1. The first-order valence-electron chi connectivity index (χ1n) is 11.6. The van der Waals surface area contributed by atoms with E-state index in [9.17, 15) is 0 Å². The number of furan rings is 1. The molecule has 32 heavy (non-hydrogen) atoms. The molecule has 174 valence electrons. The molecule has 1 unspecified atom stereocenters. The van der Waals surface area contributed by atoms with Gasteiger partial charge < -0.3 is 28.8 Å². The number of nitrogens with zero attached hydrogens (tertiary/aromatic N) is 2. The Hall–Kier alpha value is -2.51. The third kappa shape index (κ3) is 5.84. The van der Waals surface area contributed by atoms with Crippen LogP contribution < -0.4 is 10.1 Å². The molecule has 2 aliphatic rings. The van der Waals surface area contributed by atoms with Crippen LogP contribution in [0.25, 0.3) is 0 Å². The lowest BCUT2D eigenvalue weighted by Crippen LogP contribution is -2.52. The van der Waals surface area contributed by atoms with Crippen molar-refractivity contribution in [3.8, 4) is 5.75 Å². The van der Waals surface area contributed by atoms with Gasteiger partial charge in [-0.15, -0.1) is 0 Å². The van der Waals surface area contributed by atoms with Gasteiger partial charge in [-0.05, 0) is 56.0 Å². The van der Waals surface area contributed by atoms with Crippen LogP contribution in [0.2, 0.25) is 0 Å². The summed E-state index contributed by atoms with van der Waals surface area (Å²) in [7, 11) is 1.69. The normalized spacial score (nSPS) is 21.0. The highest BCUT2D eigenvalue weighted by atomic mass is 16.7. The maximum Gasteiger partial charge on any atom is 0.193 e. The number of guanidine groups is 1. The van der Waals surface area contributed by atoms with Crippen molar-refractivity contribution >= 4 is 5.96 Å². The predicted molar refractivity (Wildman–Crippen MR) is 124 cm³/mol. The molecule has 0 aliphatic carbocycles. The predicted octanol–water partition coefficient (Wildman–Crippen LogP) is 3.49. The standard InChI is InChI=1S/C25H35N3O4/c1-25(31-17-18-32-25)21-5-3-15-28(19-21)24(27-14-12-23-6-4-16-30-23)26-13-11-20-7-9-22(29-2)10-8-20/h4,6-10,16,21H,3,5,11-15,17-19H2,1-2H3,(H,26,27). The van der Waals surface area contributed by atoms with Crippen LogP contribution in [0.3, 0.4) is 0 Å². The Morgan fingerprint density at radius 3 is 2.72 bits per heavy atom. The van der Waals surface area contributed by atoms with E-state index in [1.807, 2.05) is 24.3 Å². The van der Waals surface area contributed by atoms with Gasteiger partial charge in [0.05, 0.1) is 26.6 Å². The zero-order valence-electron chi connectivity index (χ0n) is 19.2. The van der Waals surface area contributed by atoms with E-state index in [1.54, 1.807) is 13.4 Å². The fraction of sp³-hybridized carbons (Fsp3) is 0.560. The second-order valence-corrected chi connectivity index (χ2v) is 8.56. The van der Waals surface area contributed by atoms with Crippen LogP contribution in [0.1, 0.15) is 31.1 Å². The fourth-order valence-corrected chi connectivity index (χ4v) is 4.47. The summed E-state index contributed by atoms with van der Waals surface area (Å²) in [6.45, 7) is 6.81. The summed E-state index contributed by atoms with van der Waals surface area (Å²) in [6.07, 6.45) is 5.63. The molecule has 2 aromatic rings. The van der Waals surface area contributed by atoms with Crippen molar-refractivity contribution in [2.24, 2.45) is 10.9 Å². The summed E-state index contributed by atoms with van der Waals surface area (Å²) < 4.78 is 22.7. The monoisotopic (exact) mass is 441 g/mol. The number of benzene rings is 1. The highest BCUT2D eigenvalue weighted by molar-refractivity contribution is 5.80. The van der Waals surface area contributed by atoms with Crippen molar-refractivity contribution in [2.45, 2.75) is 38.4 Å². The van der Waals surface area contributed by atoms with E-state index < -0.39 is 5.79 Å². The van der Waals surface area contributed by atoms with Gasteiger partial charge >= 0.3 is 0 Å². The average molecular weight is 442 g/mol. The molecule has 1 aromatic carbocycles. The maximum absolute atomic E-state index is 5.96. The second kappa shape index (κ2) is 10.9. The van der Waals surface area contributed by atoms with Gasteiger partial charge in [-0.1, -0.05) is 12.1 Å². The first-order valence-corrected chi connectivity index (χ1v) is 11.6. The van der Waals surface area contributed by atoms with Gasteiger partial charge in [-0.3, -0.25) is 4.99 Å². The Balaban J connectivity index is 1.39. The van der Waals surface area contributed by atoms with E-state index in [0.717, 1.165) is 62.8 Å². The molecule has 1 atom stereocenters. The Labute approximate surface area is 190 Å². The molecule has 4 rings (SSSR count). The highest BCUT2D eigenvalue weighted by Gasteiger charge is 2.42. The number of methoxy groups -OCH3 is 1. The Morgan fingerprint density at radius 1 is 1.19 bits per heavy atom. The molecule has 0 amide bonds. The van der Waals surface area contributed by atoms with Gasteiger partial charge in [0, 0.05) is 38.5 Å². The third-order valence-corrected chi connectivity index (χ3v) is 6.38. The minimum Gasteiger partial charge on any atom is -0.497 e. The van der Waals surface area contributed by atoms with Crippen molar-refractivity contribution in [1.82, 2.24) is 10.2 Å². The number of rotatable bonds is 8. The largest absolute Gasteiger partial charge is 0.497 e.